The maximum Gasteiger partial charge on any atom is 0.237 e. The Morgan fingerprint density at radius 2 is 1.76 bits per heavy atom. The molecule has 0 saturated heterocycles. The highest BCUT2D eigenvalue weighted by Crippen LogP contribution is 2.45. The van der Waals surface area contributed by atoms with Crippen LogP contribution < -0.4 is 11.1 Å². The molecule has 1 amide bonds. The second kappa shape index (κ2) is 4.97. The summed E-state index contributed by atoms with van der Waals surface area (Å²) in [6.07, 6.45) is 4.02. The van der Waals surface area contributed by atoms with Crippen LogP contribution in [-0.4, -0.2) is 18.0 Å². The molecule has 0 radical (unpaired) electrons. The van der Waals surface area contributed by atoms with Crippen LogP contribution in [0, 0.1) is 10.8 Å². The van der Waals surface area contributed by atoms with Crippen LogP contribution in [0.4, 0.5) is 0 Å². The molecule has 1 aliphatic rings. The predicted molar refractivity (Wildman–Crippen MR) is 71.6 cm³/mol. The van der Waals surface area contributed by atoms with Crippen molar-refractivity contribution in [3.8, 4) is 0 Å². The van der Waals surface area contributed by atoms with Crippen LogP contribution in [0.2, 0.25) is 0 Å². The first kappa shape index (κ1) is 14.5. The molecular weight excluding hydrogens is 212 g/mol. The Hall–Kier alpha value is -0.570. The molecule has 1 saturated carbocycles. The Bertz CT molecular complexity index is 268. The Morgan fingerprint density at radius 1 is 1.29 bits per heavy atom. The van der Waals surface area contributed by atoms with Gasteiger partial charge in [-0.2, -0.15) is 0 Å². The van der Waals surface area contributed by atoms with Crippen molar-refractivity contribution in [1.82, 2.24) is 5.32 Å². The second-order valence-corrected chi connectivity index (χ2v) is 7.13. The van der Waals surface area contributed by atoms with Gasteiger partial charge in [-0.25, -0.2) is 0 Å². The topological polar surface area (TPSA) is 55.1 Å². The van der Waals surface area contributed by atoms with Crippen LogP contribution >= 0.6 is 0 Å². The number of hydrogen-bond acceptors (Lipinski definition) is 2. The van der Waals surface area contributed by atoms with Crippen molar-refractivity contribution in [3.05, 3.63) is 0 Å². The van der Waals surface area contributed by atoms with Gasteiger partial charge in [-0.15, -0.1) is 0 Å². The summed E-state index contributed by atoms with van der Waals surface area (Å²) in [7, 11) is 0. The fourth-order valence-corrected chi connectivity index (χ4v) is 3.44. The number of carbonyl (C=O) groups is 1. The normalized spacial score (nSPS) is 25.3. The van der Waals surface area contributed by atoms with Crippen LogP contribution in [-0.2, 0) is 4.79 Å². The van der Waals surface area contributed by atoms with Crippen molar-refractivity contribution in [1.29, 1.82) is 0 Å². The molecule has 1 atom stereocenters. The highest BCUT2D eigenvalue weighted by Gasteiger charge is 2.39. The lowest BCUT2D eigenvalue weighted by molar-refractivity contribution is -0.124. The SMILES string of the molecule is CC[C@H](N)C(=O)NC1CC(C)(C)CC(C)(C)C1. The molecule has 100 valence electrons. The van der Waals surface area contributed by atoms with E-state index >= 15 is 0 Å². The van der Waals surface area contributed by atoms with Crippen molar-refractivity contribution >= 4 is 5.91 Å². The third-order valence-electron chi connectivity index (χ3n) is 3.68. The van der Waals surface area contributed by atoms with E-state index < -0.39 is 0 Å². The molecule has 1 fully saturated rings. The van der Waals surface area contributed by atoms with Gasteiger partial charge in [0.05, 0.1) is 6.04 Å². The lowest BCUT2D eigenvalue weighted by Gasteiger charge is -2.45. The molecule has 1 rings (SSSR count). The first-order valence-electron chi connectivity index (χ1n) is 6.71. The van der Waals surface area contributed by atoms with E-state index in [2.05, 4.69) is 33.0 Å². The molecule has 0 aromatic rings. The Morgan fingerprint density at radius 3 is 2.18 bits per heavy atom. The number of amides is 1. The smallest absolute Gasteiger partial charge is 0.237 e. The zero-order valence-corrected chi connectivity index (χ0v) is 12.0. The van der Waals surface area contributed by atoms with E-state index in [1.807, 2.05) is 6.92 Å². The van der Waals surface area contributed by atoms with Crippen molar-refractivity contribution < 1.29 is 4.79 Å². The van der Waals surface area contributed by atoms with Crippen LogP contribution in [0.5, 0.6) is 0 Å². The lowest BCUT2D eigenvalue weighted by Crippen LogP contribution is -2.50. The summed E-state index contributed by atoms with van der Waals surface area (Å²) in [6.45, 7) is 11.1. The second-order valence-electron chi connectivity index (χ2n) is 7.13. The third kappa shape index (κ3) is 4.30. The van der Waals surface area contributed by atoms with Crippen LogP contribution in [0.25, 0.3) is 0 Å². The molecule has 0 aliphatic heterocycles. The number of nitrogens with two attached hydrogens (primary N) is 1. The van der Waals surface area contributed by atoms with Gasteiger partial charge in [0.1, 0.15) is 0 Å². The Kier molecular flexibility index (Phi) is 4.23. The molecule has 0 aromatic carbocycles. The molecule has 17 heavy (non-hydrogen) atoms. The van der Waals surface area contributed by atoms with E-state index in [-0.39, 0.29) is 18.0 Å². The first-order valence-corrected chi connectivity index (χ1v) is 6.71. The largest absolute Gasteiger partial charge is 0.352 e. The number of carbonyl (C=O) groups excluding carboxylic acids is 1. The fourth-order valence-electron chi connectivity index (χ4n) is 3.44. The third-order valence-corrected chi connectivity index (χ3v) is 3.68. The summed E-state index contributed by atoms with van der Waals surface area (Å²) >= 11 is 0. The molecule has 0 bridgehead atoms. The fraction of sp³-hybridized carbons (Fsp3) is 0.929. The molecule has 3 N–H and O–H groups in total. The van der Waals surface area contributed by atoms with Gasteiger partial charge in [0.25, 0.3) is 0 Å². The maximum absolute atomic E-state index is 11.8. The van der Waals surface area contributed by atoms with Gasteiger partial charge >= 0.3 is 0 Å². The highest BCUT2D eigenvalue weighted by atomic mass is 16.2. The van der Waals surface area contributed by atoms with Crippen molar-refractivity contribution in [3.63, 3.8) is 0 Å². The molecule has 0 aromatic heterocycles. The van der Waals surface area contributed by atoms with E-state index in [0.29, 0.717) is 17.3 Å². The Labute approximate surface area is 106 Å². The molecule has 1 aliphatic carbocycles. The molecule has 0 unspecified atom stereocenters. The monoisotopic (exact) mass is 240 g/mol. The number of rotatable bonds is 3. The first-order chi connectivity index (χ1) is 7.65. The van der Waals surface area contributed by atoms with Crippen LogP contribution in [0.3, 0.4) is 0 Å². The van der Waals surface area contributed by atoms with Gasteiger partial charge in [0, 0.05) is 6.04 Å². The maximum atomic E-state index is 11.8. The summed E-state index contributed by atoms with van der Waals surface area (Å²) in [6, 6.07) is -0.0815. The summed E-state index contributed by atoms with van der Waals surface area (Å²) in [4.78, 5) is 11.8. The summed E-state index contributed by atoms with van der Waals surface area (Å²) < 4.78 is 0. The van der Waals surface area contributed by atoms with E-state index in [1.165, 1.54) is 6.42 Å². The predicted octanol–water partition coefficient (Wildman–Crippen LogP) is 2.44. The number of nitrogens with one attached hydrogen (secondary N) is 1. The van der Waals surface area contributed by atoms with Gasteiger partial charge in [-0.1, -0.05) is 34.6 Å². The average Bonchev–Trinajstić information content (AvgIpc) is 2.11. The van der Waals surface area contributed by atoms with Crippen molar-refractivity contribution in [2.24, 2.45) is 16.6 Å². The van der Waals surface area contributed by atoms with Crippen LogP contribution in [0.1, 0.15) is 60.3 Å². The van der Waals surface area contributed by atoms with Gasteiger partial charge < -0.3 is 11.1 Å². The molecular formula is C14H28N2O. The lowest BCUT2D eigenvalue weighted by atomic mass is 9.63. The zero-order chi connectivity index (χ0) is 13.3. The average molecular weight is 240 g/mol. The minimum absolute atomic E-state index is 0.00556. The van der Waals surface area contributed by atoms with Gasteiger partial charge in [-0.3, -0.25) is 4.79 Å². The van der Waals surface area contributed by atoms with Gasteiger partial charge in [0.15, 0.2) is 0 Å². The zero-order valence-electron chi connectivity index (χ0n) is 12.0. The van der Waals surface area contributed by atoms with Crippen LogP contribution in [0.15, 0.2) is 0 Å². The van der Waals surface area contributed by atoms with Gasteiger partial charge in [-0.05, 0) is 36.5 Å². The van der Waals surface area contributed by atoms with Crippen molar-refractivity contribution in [2.45, 2.75) is 72.4 Å². The molecule has 0 spiro atoms. The quantitative estimate of drug-likeness (QED) is 0.796. The Balaban J connectivity index is 2.63. The van der Waals surface area contributed by atoms with E-state index in [4.69, 9.17) is 5.73 Å². The highest BCUT2D eigenvalue weighted by molar-refractivity contribution is 5.81. The van der Waals surface area contributed by atoms with E-state index in [1.54, 1.807) is 0 Å². The molecule has 3 nitrogen and oxygen atoms in total. The van der Waals surface area contributed by atoms with Crippen molar-refractivity contribution in [2.75, 3.05) is 0 Å². The molecule has 0 heterocycles. The standard InChI is InChI=1S/C14H28N2O/c1-6-11(15)12(17)16-10-7-13(2,3)9-14(4,5)8-10/h10-11H,6-9,15H2,1-5H3,(H,16,17)/t11-/m0/s1. The number of hydrogen-bond donors (Lipinski definition) is 2. The summed E-state index contributed by atoms with van der Waals surface area (Å²) in [5, 5.41) is 3.12. The minimum Gasteiger partial charge on any atom is -0.352 e. The van der Waals surface area contributed by atoms with E-state index in [9.17, 15) is 4.79 Å². The summed E-state index contributed by atoms with van der Waals surface area (Å²) in [5.74, 6) is 0.00556. The van der Waals surface area contributed by atoms with E-state index in [0.717, 1.165) is 12.8 Å². The minimum atomic E-state index is -0.358. The van der Waals surface area contributed by atoms with Gasteiger partial charge in [0.2, 0.25) is 5.91 Å². The molecule has 3 heteroatoms. The summed E-state index contributed by atoms with van der Waals surface area (Å²) in [5.41, 5.74) is 6.36.